The third-order valence-corrected chi connectivity index (χ3v) is 4.75. The van der Waals surface area contributed by atoms with Gasteiger partial charge in [-0.15, -0.1) is 0 Å². The van der Waals surface area contributed by atoms with Gasteiger partial charge in [-0.05, 0) is 50.2 Å². The van der Waals surface area contributed by atoms with Crippen molar-refractivity contribution in [1.29, 1.82) is 0 Å². The molecule has 138 valence electrons. The number of Topliss-reactive ketones (excluding diaryl/α,β-unsaturated/α-hetero) is 1. The number of carbonyl (C=O) groups is 2. The first kappa shape index (κ1) is 18.8. The van der Waals surface area contributed by atoms with E-state index in [0.29, 0.717) is 27.8 Å². The lowest BCUT2D eigenvalue weighted by molar-refractivity contribution is -0.115. The van der Waals surface area contributed by atoms with Crippen LogP contribution in [0.5, 0.6) is 0 Å². The lowest BCUT2D eigenvalue weighted by Crippen LogP contribution is -2.22. The topological polar surface area (TPSA) is 72.2 Å². The van der Waals surface area contributed by atoms with E-state index < -0.39 is 5.25 Å². The van der Waals surface area contributed by atoms with Crippen LogP contribution < -0.4 is 5.32 Å². The Bertz CT molecular complexity index is 969. The van der Waals surface area contributed by atoms with E-state index >= 15 is 0 Å². The van der Waals surface area contributed by atoms with Gasteiger partial charge in [0.05, 0.1) is 11.4 Å². The largest absolute Gasteiger partial charge is 0.431 e. The highest BCUT2D eigenvalue weighted by Crippen LogP contribution is 2.28. The molecule has 1 unspecified atom stereocenters. The number of ketones is 1. The van der Waals surface area contributed by atoms with Crippen LogP contribution in [0.25, 0.3) is 11.3 Å². The van der Waals surface area contributed by atoms with Gasteiger partial charge >= 0.3 is 0 Å². The quantitative estimate of drug-likeness (QED) is 0.488. The van der Waals surface area contributed by atoms with E-state index in [2.05, 4.69) is 10.3 Å². The van der Waals surface area contributed by atoms with E-state index in [1.807, 2.05) is 0 Å². The average Bonchev–Trinajstić information content (AvgIpc) is 3.11. The molecule has 0 aliphatic heterocycles. The van der Waals surface area contributed by atoms with E-state index in [4.69, 9.17) is 4.42 Å². The Hall–Kier alpha value is -2.93. The van der Waals surface area contributed by atoms with Crippen LogP contribution in [0.2, 0.25) is 0 Å². The maximum absolute atomic E-state index is 13.0. The highest BCUT2D eigenvalue weighted by atomic mass is 32.2. The van der Waals surface area contributed by atoms with Crippen molar-refractivity contribution in [2.45, 2.75) is 24.3 Å². The minimum absolute atomic E-state index is 0.0679. The predicted molar refractivity (Wildman–Crippen MR) is 102 cm³/mol. The SMILES string of the molecule is CC(=O)c1cccc(NC(=O)C(C)Sc2ncc(-c3ccc(F)cc3)o2)c1. The van der Waals surface area contributed by atoms with Gasteiger partial charge in [-0.1, -0.05) is 23.9 Å². The van der Waals surface area contributed by atoms with Crippen LogP contribution in [0.4, 0.5) is 10.1 Å². The van der Waals surface area contributed by atoms with E-state index in [1.54, 1.807) is 43.3 Å². The number of halogens is 1. The number of nitrogens with one attached hydrogen (secondary N) is 1. The van der Waals surface area contributed by atoms with E-state index in [0.717, 1.165) is 0 Å². The number of rotatable bonds is 6. The van der Waals surface area contributed by atoms with Crippen molar-refractivity contribution >= 4 is 29.1 Å². The molecule has 1 amide bonds. The maximum atomic E-state index is 13.0. The maximum Gasteiger partial charge on any atom is 0.256 e. The number of benzene rings is 2. The minimum Gasteiger partial charge on any atom is -0.431 e. The summed E-state index contributed by atoms with van der Waals surface area (Å²) in [5.74, 6) is -0.130. The average molecular weight is 384 g/mol. The molecule has 0 saturated carbocycles. The molecule has 0 aliphatic carbocycles. The molecule has 3 rings (SSSR count). The zero-order valence-electron chi connectivity index (χ0n) is 14.7. The van der Waals surface area contributed by atoms with Crippen molar-refractivity contribution in [2.24, 2.45) is 0 Å². The van der Waals surface area contributed by atoms with Crippen LogP contribution in [0.15, 0.2) is 64.4 Å². The van der Waals surface area contributed by atoms with Crippen LogP contribution in [-0.2, 0) is 4.79 Å². The molecule has 1 heterocycles. The number of anilines is 1. The number of oxazole rings is 1. The fourth-order valence-corrected chi connectivity index (χ4v) is 3.04. The monoisotopic (exact) mass is 384 g/mol. The van der Waals surface area contributed by atoms with Gasteiger partial charge in [-0.25, -0.2) is 9.37 Å². The first-order valence-corrected chi connectivity index (χ1v) is 9.10. The molecular weight excluding hydrogens is 367 g/mol. The summed E-state index contributed by atoms with van der Waals surface area (Å²) in [6.07, 6.45) is 1.54. The third kappa shape index (κ3) is 4.83. The molecule has 0 saturated heterocycles. The Kier molecular flexibility index (Phi) is 5.71. The number of thioether (sulfide) groups is 1. The molecule has 1 N–H and O–H groups in total. The molecule has 7 heteroatoms. The van der Waals surface area contributed by atoms with Crippen molar-refractivity contribution in [3.05, 3.63) is 66.1 Å². The molecule has 27 heavy (non-hydrogen) atoms. The Balaban J connectivity index is 1.64. The highest BCUT2D eigenvalue weighted by molar-refractivity contribution is 8.00. The molecular formula is C20H17FN2O3S. The number of hydrogen-bond donors (Lipinski definition) is 1. The van der Waals surface area contributed by atoms with Crippen LogP contribution in [0, 0.1) is 5.82 Å². The van der Waals surface area contributed by atoms with Gasteiger partial charge in [-0.2, -0.15) is 0 Å². The molecule has 0 spiro atoms. The molecule has 0 radical (unpaired) electrons. The van der Waals surface area contributed by atoms with Gasteiger partial charge in [0.25, 0.3) is 5.22 Å². The van der Waals surface area contributed by atoms with Crippen LogP contribution in [0.3, 0.4) is 0 Å². The van der Waals surface area contributed by atoms with E-state index in [1.165, 1.54) is 37.0 Å². The molecule has 3 aromatic rings. The Morgan fingerprint density at radius 1 is 1.19 bits per heavy atom. The number of carbonyl (C=O) groups excluding carboxylic acids is 2. The molecule has 0 bridgehead atoms. The number of aromatic nitrogens is 1. The second kappa shape index (κ2) is 8.18. The highest BCUT2D eigenvalue weighted by Gasteiger charge is 2.18. The molecule has 1 atom stereocenters. The first-order chi connectivity index (χ1) is 12.9. The van der Waals surface area contributed by atoms with Crippen molar-refractivity contribution < 1.29 is 18.4 Å². The smallest absolute Gasteiger partial charge is 0.256 e. The zero-order valence-corrected chi connectivity index (χ0v) is 15.5. The summed E-state index contributed by atoms with van der Waals surface area (Å²) >= 11 is 1.17. The van der Waals surface area contributed by atoms with Gasteiger partial charge in [-0.3, -0.25) is 9.59 Å². The van der Waals surface area contributed by atoms with Gasteiger partial charge in [0.1, 0.15) is 5.82 Å². The van der Waals surface area contributed by atoms with E-state index in [9.17, 15) is 14.0 Å². The molecule has 2 aromatic carbocycles. The Labute approximate surface area is 160 Å². The molecule has 1 aromatic heterocycles. The van der Waals surface area contributed by atoms with Crippen LogP contribution in [-0.4, -0.2) is 21.9 Å². The van der Waals surface area contributed by atoms with E-state index in [-0.39, 0.29) is 17.5 Å². The third-order valence-electron chi connectivity index (χ3n) is 3.80. The summed E-state index contributed by atoms with van der Waals surface area (Å²) in [7, 11) is 0. The molecule has 0 aliphatic rings. The van der Waals surface area contributed by atoms with Crippen molar-refractivity contribution in [3.8, 4) is 11.3 Å². The zero-order chi connectivity index (χ0) is 19.4. The van der Waals surface area contributed by atoms with Crippen molar-refractivity contribution in [1.82, 2.24) is 4.98 Å². The number of hydrogen-bond acceptors (Lipinski definition) is 5. The summed E-state index contributed by atoms with van der Waals surface area (Å²) in [6.45, 7) is 3.21. The Morgan fingerprint density at radius 2 is 1.93 bits per heavy atom. The van der Waals surface area contributed by atoms with Crippen molar-refractivity contribution in [3.63, 3.8) is 0 Å². The van der Waals surface area contributed by atoms with Gasteiger partial charge in [0.15, 0.2) is 11.5 Å². The minimum atomic E-state index is -0.467. The second-order valence-electron chi connectivity index (χ2n) is 5.88. The summed E-state index contributed by atoms with van der Waals surface area (Å²) < 4.78 is 18.6. The van der Waals surface area contributed by atoms with Gasteiger partial charge in [0.2, 0.25) is 5.91 Å². The summed E-state index contributed by atoms with van der Waals surface area (Å²) in [5.41, 5.74) is 1.79. The summed E-state index contributed by atoms with van der Waals surface area (Å²) in [5, 5.41) is 2.65. The lowest BCUT2D eigenvalue weighted by atomic mass is 10.1. The summed E-state index contributed by atoms with van der Waals surface area (Å²) in [4.78, 5) is 28.0. The van der Waals surface area contributed by atoms with Gasteiger partial charge < -0.3 is 9.73 Å². The number of amides is 1. The summed E-state index contributed by atoms with van der Waals surface area (Å²) in [6, 6.07) is 12.7. The standard InChI is InChI=1S/C20H17FN2O3S/c1-12(24)15-4-3-5-17(10-15)23-19(25)13(2)27-20-22-11-18(26-20)14-6-8-16(21)9-7-14/h3-11,13H,1-2H3,(H,23,25). The normalized spacial score (nSPS) is 11.8. The fraction of sp³-hybridized carbons (Fsp3) is 0.150. The lowest BCUT2D eigenvalue weighted by Gasteiger charge is -2.10. The van der Waals surface area contributed by atoms with Gasteiger partial charge in [0, 0.05) is 16.8 Å². The number of nitrogens with zero attached hydrogens (tertiary/aromatic N) is 1. The fourth-order valence-electron chi connectivity index (χ4n) is 2.32. The molecule has 0 fully saturated rings. The molecule has 5 nitrogen and oxygen atoms in total. The van der Waals surface area contributed by atoms with Crippen LogP contribution >= 0.6 is 11.8 Å². The first-order valence-electron chi connectivity index (χ1n) is 8.22. The Morgan fingerprint density at radius 3 is 2.63 bits per heavy atom. The second-order valence-corrected chi connectivity index (χ2v) is 7.18. The predicted octanol–water partition coefficient (Wildman–Crippen LogP) is 4.80. The van der Waals surface area contributed by atoms with Crippen molar-refractivity contribution in [2.75, 3.05) is 5.32 Å². The van der Waals surface area contributed by atoms with Crippen LogP contribution in [0.1, 0.15) is 24.2 Å².